The Bertz CT molecular complexity index is 1230. The number of hydrogen-bond acceptors (Lipinski definition) is 6. The largest absolute Gasteiger partial charge is 0.508 e. The van der Waals surface area contributed by atoms with Crippen molar-refractivity contribution in [3.05, 3.63) is 58.7 Å². The van der Waals surface area contributed by atoms with Crippen molar-refractivity contribution < 1.29 is 19.4 Å². The standard InChI is InChI=1S/C23H24ClN3O4/c1-6-13-7-8-14(30-21-25-10-9-17-26-16(24)12-27(17)21)11-15(13)18-19(28)22(2,3)31-23(4,5)20(18)29/h7-12,28H,6H2,1-5H3. The second kappa shape index (κ2) is 7.35. The topological polar surface area (TPSA) is 86.0 Å². The molecule has 3 heterocycles. The van der Waals surface area contributed by atoms with Crippen LogP contribution < -0.4 is 4.74 Å². The Morgan fingerprint density at radius 2 is 1.94 bits per heavy atom. The van der Waals surface area contributed by atoms with Gasteiger partial charge in [0.2, 0.25) is 0 Å². The average molecular weight is 442 g/mol. The molecule has 0 radical (unpaired) electrons. The highest BCUT2D eigenvalue weighted by Crippen LogP contribution is 2.41. The van der Waals surface area contributed by atoms with Gasteiger partial charge in [-0.05, 0) is 57.4 Å². The lowest BCUT2D eigenvalue weighted by Crippen LogP contribution is -2.49. The lowest BCUT2D eigenvalue weighted by molar-refractivity contribution is -0.158. The van der Waals surface area contributed by atoms with Crippen LogP contribution in [0.3, 0.4) is 0 Å². The first-order valence-corrected chi connectivity index (χ1v) is 10.4. The number of rotatable bonds is 4. The molecule has 1 aliphatic heterocycles. The molecule has 0 saturated heterocycles. The Morgan fingerprint density at radius 3 is 2.65 bits per heavy atom. The molecule has 1 aromatic carbocycles. The van der Waals surface area contributed by atoms with Crippen molar-refractivity contribution in [2.45, 2.75) is 52.2 Å². The normalized spacial score (nSPS) is 17.9. The molecule has 0 atom stereocenters. The fraction of sp³-hybridized carbons (Fsp3) is 0.348. The van der Waals surface area contributed by atoms with Crippen LogP contribution in [0, 0.1) is 0 Å². The number of aryl methyl sites for hydroxylation is 1. The molecule has 0 aliphatic carbocycles. The average Bonchev–Trinajstić information content (AvgIpc) is 3.08. The summed E-state index contributed by atoms with van der Waals surface area (Å²) in [6, 6.07) is 7.44. The molecule has 8 heteroatoms. The van der Waals surface area contributed by atoms with Crippen LogP contribution in [0.1, 0.15) is 45.7 Å². The molecule has 4 rings (SSSR count). The number of carbonyl (C=O) groups is 1. The smallest absolute Gasteiger partial charge is 0.307 e. The number of ether oxygens (including phenoxy) is 2. The van der Waals surface area contributed by atoms with Crippen molar-refractivity contribution in [1.82, 2.24) is 14.4 Å². The summed E-state index contributed by atoms with van der Waals surface area (Å²) < 4.78 is 13.5. The van der Waals surface area contributed by atoms with E-state index in [0.717, 1.165) is 5.56 Å². The molecule has 0 fully saturated rings. The number of hydrogen-bond donors (Lipinski definition) is 1. The molecule has 0 bridgehead atoms. The second-order valence-electron chi connectivity index (χ2n) is 8.47. The molecular weight excluding hydrogens is 418 g/mol. The quantitative estimate of drug-likeness (QED) is 0.601. The van der Waals surface area contributed by atoms with E-state index in [9.17, 15) is 9.90 Å². The number of Topliss-reactive ketones (excluding diaryl/α,β-unsaturated/α-hetero) is 1. The lowest BCUT2D eigenvalue weighted by Gasteiger charge is -2.40. The molecule has 3 aromatic rings. The first-order chi connectivity index (χ1) is 14.5. The molecule has 31 heavy (non-hydrogen) atoms. The van der Waals surface area contributed by atoms with Crippen molar-refractivity contribution >= 4 is 28.6 Å². The van der Waals surface area contributed by atoms with Gasteiger partial charge in [-0.1, -0.05) is 24.6 Å². The number of carbonyl (C=O) groups excluding carboxylic acids is 1. The number of aromatic nitrogens is 3. The maximum Gasteiger partial charge on any atom is 0.307 e. The summed E-state index contributed by atoms with van der Waals surface area (Å²) in [5.41, 5.74) is 0.294. The Labute approximate surface area is 185 Å². The summed E-state index contributed by atoms with van der Waals surface area (Å²) >= 11 is 6.01. The molecule has 2 aromatic heterocycles. The zero-order chi connectivity index (χ0) is 22.6. The zero-order valence-electron chi connectivity index (χ0n) is 18.1. The van der Waals surface area contributed by atoms with Crippen molar-refractivity contribution in [2.75, 3.05) is 0 Å². The minimum absolute atomic E-state index is 0.0923. The van der Waals surface area contributed by atoms with E-state index in [1.54, 1.807) is 62.7 Å². The van der Waals surface area contributed by atoms with Crippen LogP contribution in [0.25, 0.3) is 11.2 Å². The van der Waals surface area contributed by atoms with Crippen molar-refractivity contribution in [1.29, 1.82) is 0 Å². The summed E-state index contributed by atoms with van der Waals surface area (Å²) in [6.07, 6.45) is 3.87. The van der Waals surface area contributed by atoms with Crippen molar-refractivity contribution in [3.63, 3.8) is 0 Å². The number of aliphatic hydroxyl groups excluding tert-OH is 1. The Morgan fingerprint density at radius 1 is 1.19 bits per heavy atom. The summed E-state index contributed by atoms with van der Waals surface area (Å²) in [5, 5.41) is 11.3. The summed E-state index contributed by atoms with van der Waals surface area (Å²) in [4.78, 5) is 21.7. The van der Waals surface area contributed by atoms with E-state index >= 15 is 0 Å². The third kappa shape index (κ3) is 3.68. The monoisotopic (exact) mass is 441 g/mol. The van der Waals surface area contributed by atoms with Gasteiger partial charge in [-0.25, -0.2) is 9.97 Å². The molecule has 0 saturated carbocycles. The SMILES string of the molecule is CCc1ccc(Oc2nccc3nc(Cl)cn23)cc1C1=C(O)C(C)(C)OC(C)(C)C1=O. The van der Waals surface area contributed by atoms with E-state index in [2.05, 4.69) is 9.97 Å². The van der Waals surface area contributed by atoms with Crippen LogP contribution in [-0.2, 0) is 16.0 Å². The van der Waals surface area contributed by atoms with Crippen LogP contribution in [0.15, 0.2) is 42.4 Å². The van der Waals surface area contributed by atoms with Crippen LogP contribution in [0.4, 0.5) is 0 Å². The number of aliphatic hydroxyl groups is 1. The summed E-state index contributed by atoms with van der Waals surface area (Å²) in [5.74, 6) is 0.0929. The minimum atomic E-state index is -1.08. The number of nitrogens with zero attached hydrogens (tertiary/aromatic N) is 3. The number of imidazole rings is 1. The van der Waals surface area contributed by atoms with Crippen LogP contribution in [0.2, 0.25) is 5.15 Å². The predicted octanol–water partition coefficient (Wildman–Crippen LogP) is 5.16. The lowest BCUT2D eigenvalue weighted by atomic mass is 9.81. The molecular formula is C23H24ClN3O4. The Balaban J connectivity index is 1.84. The highest BCUT2D eigenvalue weighted by molar-refractivity contribution is 6.29. The maximum absolute atomic E-state index is 13.2. The van der Waals surface area contributed by atoms with E-state index in [-0.39, 0.29) is 23.1 Å². The van der Waals surface area contributed by atoms with Gasteiger partial charge >= 0.3 is 6.01 Å². The van der Waals surface area contributed by atoms with Gasteiger partial charge in [-0.3, -0.25) is 9.20 Å². The van der Waals surface area contributed by atoms with Gasteiger partial charge in [0.1, 0.15) is 33.5 Å². The van der Waals surface area contributed by atoms with Gasteiger partial charge in [-0.15, -0.1) is 0 Å². The number of halogens is 1. The highest BCUT2D eigenvalue weighted by Gasteiger charge is 2.47. The minimum Gasteiger partial charge on any atom is -0.508 e. The maximum atomic E-state index is 13.2. The van der Waals surface area contributed by atoms with Crippen LogP contribution >= 0.6 is 11.6 Å². The second-order valence-corrected chi connectivity index (χ2v) is 8.86. The summed E-state index contributed by atoms with van der Waals surface area (Å²) in [6.45, 7) is 8.91. The van der Waals surface area contributed by atoms with Gasteiger partial charge in [0.05, 0.1) is 11.8 Å². The van der Waals surface area contributed by atoms with Gasteiger partial charge in [0.25, 0.3) is 0 Å². The van der Waals surface area contributed by atoms with E-state index in [1.807, 2.05) is 13.0 Å². The molecule has 7 nitrogen and oxygen atoms in total. The zero-order valence-corrected chi connectivity index (χ0v) is 18.8. The summed E-state index contributed by atoms with van der Waals surface area (Å²) in [7, 11) is 0. The molecule has 0 amide bonds. The first-order valence-electron chi connectivity index (χ1n) is 10.0. The van der Waals surface area contributed by atoms with Gasteiger partial charge in [-0.2, -0.15) is 0 Å². The van der Waals surface area contributed by atoms with Crippen LogP contribution in [0.5, 0.6) is 11.8 Å². The number of fused-ring (bicyclic) bond motifs is 1. The Hall–Kier alpha value is -2.90. The van der Waals surface area contributed by atoms with E-state index in [1.165, 1.54) is 0 Å². The van der Waals surface area contributed by atoms with Gasteiger partial charge in [0.15, 0.2) is 5.78 Å². The molecule has 0 spiro atoms. The third-order valence-corrected chi connectivity index (χ3v) is 5.53. The van der Waals surface area contributed by atoms with E-state index in [4.69, 9.17) is 21.1 Å². The van der Waals surface area contributed by atoms with Crippen molar-refractivity contribution in [2.24, 2.45) is 0 Å². The molecule has 162 valence electrons. The fourth-order valence-corrected chi connectivity index (χ4v) is 4.08. The predicted molar refractivity (Wildman–Crippen MR) is 118 cm³/mol. The van der Waals surface area contributed by atoms with Gasteiger partial charge < -0.3 is 14.6 Å². The highest BCUT2D eigenvalue weighted by atomic mass is 35.5. The third-order valence-electron chi connectivity index (χ3n) is 5.35. The number of ketones is 1. The van der Waals surface area contributed by atoms with Gasteiger partial charge in [0, 0.05) is 12.3 Å². The molecule has 1 aliphatic rings. The van der Waals surface area contributed by atoms with E-state index in [0.29, 0.717) is 28.5 Å². The molecule has 0 unspecified atom stereocenters. The molecule has 1 N–H and O–H groups in total. The van der Waals surface area contributed by atoms with Crippen molar-refractivity contribution in [3.8, 4) is 11.8 Å². The van der Waals surface area contributed by atoms with Crippen LogP contribution in [-0.4, -0.2) is 36.5 Å². The van der Waals surface area contributed by atoms with E-state index < -0.39 is 11.2 Å². The Kier molecular flexibility index (Phi) is 5.06. The first kappa shape index (κ1) is 21.3. The number of benzene rings is 1. The fourth-order valence-electron chi connectivity index (χ4n) is 3.90.